The molecule has 1 aliphatic rings. The Labute approximate surface area is 104 Å². The van der Waals surface area contributed by atoms with Crippen LogP contribution in [0.5, 0.6) is 0 Å². The Kier molecular flexibility index (Phi) is 3.45. The maximum atomic E-state index is 11.3. The molecule has 18 heavy (non-hydrogen) atoms. The summed E-state index contributed by atoms with van der Waals surface area (Å²) in [5.74, 6) is -0.652. The van der Waals surface area contributed by atoms with Gasteiger partial charge in [0, 0.05) is 25.7 Å². The number of hydrogen-bond acceptors (Lipinski definition) is 4. The largest absolute Gasteiger partial charge is 0.481 e. The number of primary amides is 1. The van der Waals surface area contributed by atoms with Crippen molar-refractivity contribution < 1.29 is 14.7 Å². The quantitative estimate of drug-likeness (QED) is 0.809. The second-order valence-corrected chi connectivity index (χ2v) is 4.44. The summed E-state index contributed by atoms with van der Waals surface area (Å²) in [6, 6.07) is 3.30. The summed E-state index contributed by atoms with van der Waals surface area (Å²) in [5.41, 5.74) is 5.68. The maximum Gasteiger partial charge on any atom is 0.303 e. The minimum atomic E-state index is -0.794. The van der Waals surface area contributed by atoms with Crippen molar-refractivity contribution in [3.05, 3.63) is 23.9 Å². The Balaban J connectivity index is 2.14. The van der Waals surface area contributed by atoms with E-state index in [0.29, 0.717) is 24.5 Å². The van der Waals surface area contributed by atoms with Gasteiger partial charge in [0.15, 0.2) is 0 Å². The van der Waals surface area contributed by atoms with Crippen molar-refractivity contribution in [3.8, 4) is 0 Å². The van der Waals surface area contributed by atoms with Crippen molar-refractivity contribution in [1.82, 2.24) is 4.98 Å². The molecule has 0 aromatic carbocycles. The second-order valence-electron chi connectivity index (χ2n) is 4.44. The molecule has 1 aliphatic heterocycles. The highest BCUT2D eigenvalue weighted by Crippen LogP contribution is 2.26. The lowest BCUT2D eigenvalue weighted by Crippen LogP contribution is -2.25. The highest BCUT2D eigenvalue weighted by molar-refractivity contribution is 5.97. The zero-order chi connectivity index (χ0) is 13.1. The van der Waals surface area contributed by atoms with Crippen LogP contribution in [0.4, 0.5) is 5.82 Å². The van der Waals surface area contributed by atoms with Gasteiger partial charge in [-0.1, -0.05) is 0 Å². The molecule has 96 valence electrons. The Morgan fingerprint density at radius 3 is 3.00 bits per heavy atom. The van der Waals surface area contributed by atoms with E-state index >= 15 is 0 Å². The summed E-state index contributed by atoms with van der Waals surface area (Å²) in [6.07, 6.45) is 2.54. The molecular weight excluding hydrogens is 234 g/mol. The van der Waals surface area contributed by atoms with E-state index in [1.165, 1.54) is 0 Å². The summed E-state index contributed by atoms with van der Waals surface area (Å²) in [7, 11) is 0. The van der Waals surface area contributed by atoms with Gasteiger partial charge in [0.25, 0.3) is 5.91 Å². The molecule has 0 spiro atoms. The number of amides is 1. The molecule has 2 heterocycles. The molecule has 6 nitrogen and oxygen atoms in total. The molecule has 1 atom stereocenters. The number of carboxylic acids is 1. The number of aromatic nitrogens is 1. The Morgan fingerprint density at radius 1 is 1.56 bits per heavy atom. The van der Waals surface area contributed by atoms with E-state index in [2.05, 4.69) is 4.98 Å². The van der Waals surface area contributed by atoms with Crippen molar-refractivity contribution in [2.45, 2.75) is 12.8 Å². The lowest BCUT2D eigenvalue weighted by molar-refractivity contribution is -0.137. The van der Waals surface area contributed by atoms with Crippen molar-refractivity contribution in [1.29, 1.82) is 0 Å². The van der Waals surface area contributed by atoms with Crippen LogP contribution in [-0.4, -0.2) is 35.1 Å². The second kappa shape index (κ2) is 5.03. The Hall–Kier alpha value is -2.11. The van der Waals surface area contributed by atoms with Gasteiger partial charge in [-0.25, -0.2) is 4.98 Å². The van der Waals surface area contributed by atoms with E-state index < -0.39 is 11.9 Å². The van der Waals surface area contributed by atoms with E-state index in [1.54, 1.807) is 18.3 Å². The van der Waals surface area contributed by atoms with Crippen molar-refractivity contribution >= 4 is 17.7 Å². The first kappa shape index (κ1) is 12.3. The molecule has 0 saturated carbocycles. The van der Waals surface area contributed by atoms with Gasteiger partial charge in [-0.05, 0) is 24.5 Å². The minimum absolute atomic E-state index is 0.102. The number of pyridine rings is 1. The number of nitrogens with zero attached hydrogens (tertiary/aromatic N) is 2. The van der Waals surface area contributed by atoms with Crippen LogP contribution in [0.3, 0.4) is 0 Å². The number of anilines is 1. The number of carboxylic acid groups (broad SMARTS) is 1. The highest BCUT2D eigenvalue weighted by Gasteiger charge is 2.27. The molecule has 0 radical (unpaired) electrons. The van der Waals surface area contributed by atoms with E-state index in [0.717, 1.165) is 6.42 Å². The lowest BCUT2D eigenvalue weighted by Gasteiger charge is -2.19. The first-order valence-corrected chi connectivity index (χ1v) is 5.79. The topological polar surface area (TPSA) is 96.5 Å². The molecular formula is C12H15N3O3. The van der Waals surface area contributed by atoms with Gasteiger partial charge in [0.1, 0.15) is 5.82 Å². The summed E-state index contributed by atoms with van der Waals surface area (Å²) < 4.78 is 0. The van der Waals surface area contributed by atoms with Crippen molar-refractivity contribution in [3.63, 3.8) is 0 Å². The predicted molar refractivity (Wildman–Crippen MR) is 65.3 cm³/mol. The first-order chi connectivity index (χ1) is 8.58. The molecule has 0 bridgehead atoms. The third-order valence-corrected chi connectivity index (χ3v) is 3.10. The van der Waals surface area contributed by atoms with Crippen molar-refractivity contribution in [2.75, 3.05) is 18.0 Å². The summed E-state index contributed by atoms with van der Waals surface area (Å²) >= 11 is 0. The fourth-order valence-electron chi connectivity index (χ4n) is 2.28. The number of carbonyl (C=O) groups is 2. The summed E-state index contributed by atoms with van der Waals surface area (Å²) in [4.78, 5) is 28.1. The molecule has 1 amide bonds. The highest BCUT2D eigenvalue weighted by atomic mass is 16.4. The van der Waals surface area contributed by atoms with Crippen LogP contribution in [0.15, 0.2) is 18.3 Å². The van der Waals surface area contributed by atoms with Gasteiger partial charge in [-0.15, -0.1) is 0 Å². The summed E-state index contributed by atoms with van der Waals surface area (Å²) in [5, 5.41) is 8.77. The first-order valence-electron chi connectivity index (χ1n) is 5.79. The third-order valence-electron chi connectivity index (χ3n) is 3.10. The molecule has 1 saturated heterocycles. The molecule has 1 aromatic rings. The smallest absolute Gasteiger partial charge is 0.303 e. The Bertz CT molecular complexity index is 475. The zero-order valence-electron chi connectivity index (χ0n) is 9.87. The third kappa shape index (κ3) is 2.58. The van der Waals surface area contributed by atoms with Crippen LogP contribution >= 0.6 is 0 Å². The Morgan fingerprint density at radius 2 is 2.33 bits per heavy atom. The standard InChI is InChI=1S/C12H15N3O3/c13-11(18)9-2-1-4-14-12(9)15-5-3-8(7-15)6-10(16)17/h1-2,4,8H,3,5-7H2,(H2,13,18)(H,16,17). The number of rotatable bonds is 4. The molecule has 0 aliphatic carbocycles. The monoisotopic (exact) mass is 249 g/mol. The van der Waals surface area contributed by atoms with Gasteiger partial charge in [-0.3, -0.25) is 9.59 Å². The number of aliphatic carboxylic acids is 1. The van der Waals surface area contributed by atoms with Gasteiger partial charge in [-0.2, -0.15) is 0 Å². The molecule has 1 unspecified atom stereocenters. The van der Waals surface area contributed by atoms with Gasteiger partial charge >= 0.3 is 5.97 Å². The fourth-order valence-corrected chi connectivity index (χ4v) is 2.28. The predicted octanol–water partition coefficient (Wildman–Crippen LogP) is 0.481. The van der Waals surface area contributed by atoms with Crippen LogP contribution in [0, 0.1) is 5.92 Å². The van der Waals surface area contributed by atoms with Crippen LogP contribution in [-0.2, 0) is 4.79 Å². The van der Waals surface area contributed by atoms with Crippen LogP contribution < -0.4 is 10.6 Å². The van der Waals surface area contributed by atoms with Gasteiger partial charge in [0.2, 0.25) is 0 Å². The normalized spacial score (nSPS) is 18.9. The molecule has 3 N–H and O–H groups in total. The van der Waals surface area contributed by atoms with Gasteiger partial charge < -0.3 is 15.7 Å². The molecule has 1 aromatic heterocycles. The molecule has 1 fully saturated rings. The van der Waals surface area contributed by atoms with E-state index in [-0.39, 0.29) is 12.3 Å². The summed E-state index contributed by atoms with van der Waals surface area (Å²) in [6.45, 7) is 1.30. The molecule has 2 rings (SSSR count). The minimum Gasteiger partial charge on any atom is -0.481 e. The van der Waals surface area contributed by atoms with Crippen molar-refractivity contribution in [2.24, 2.45) is 11.7 Å². The van der Waals surface area contributed by atoms with Crippen LogP contribution in [0.1, 0.15) is 23.2 Å². The molecule has 6 heteroatoms. The lowest BCUT2D eigenvalue weighted by atomic mass is 10.1. The van der Waals surface area contributed by atoms with Crippen LogP contribution in [0.25, 0.3) is 0 Å². The number of hydrogen-bond donors (Lipinski definition) is 2. The van der Waals surface area contributed by atoms with Gasteiger partial charge in [0.05, 0.1) is 5.56 Å². The average molecular weight is 249 g/mol. The van der Waals surface area contributed by atoms with E-state index in [4.69, 9.17) is 10.8 Å². The maximum absolute atomic E-state index is 11.3. The number of nitrogens with two attached hydrogens (primary N) is 1. The SMILES string of the molecule is NC(=O)c1cccnc1N1CCC(CC(=O)O)C1. The number of carbonyl (C=O) groups excluding carboxylic acids is 1. The fraction of sp³-hybridized carbons (Fsp3) is 0.417. The average Bonchev–Trinajstić information content (AvgIpc) is 2.76. The zero-order valence-corrected chi connectivity index (χ0v) is 9.87. The van der Waals surface area contributed by atoms with Crippen LogP contribution in [0.2, 0.25) is 0 Å². The van der Waals surface area contributed by atoms with E-state index in [9.17, 15) is 9.59 Å². The van der Waals surface area contributed by atoms with E-state index in [1.807, 2.05) is 4.90 Å².